The highest BCUT2D eigenvalue weighted by atomic mass is 35.5. The van der Waals surface area contributed by atoms with Gasteiger partial charge in [0, 0.05) is 51.4 Å². The number of nitrogens with one attached hydrogen (secondary N) is 1. The largest absolute Gasteiger partial charge is 0.508 e. The summed E-state index contributed by atoms with van der Waals surface area (Å²) in [4.78, 5) is 46.7. The van der Waals surface area contributed by atoms with E-state index in [1.165, 1.54) is 0 Å². The lowest BCUT2D eigenvalue weighted by Gasteiger charge is -2.54. The van der Waals surface area contributed by atoms with Crippen LogP contribution in [0.2, 0.25) is 5.02 Å². The number of piperazine rings is 1. The maximum atomic E-state index is 14.2. The van der Waals surface area contributed by atoms with E-state index >= 15 is 0 Å². The normalized spacial score (nSPS) is 19.0. The number of benzene rings is 3. The van der Waals surface area contributed by atoms with Gasteiger partial charge in [-0.2, -0.15) is 0 Å². The van der Waals surface area contributed by atoms with E-state index in [0.717, 1.165) is 27.9 Å². The third kappa shape index (κ3) is 6.55. The number of rotatable bonds is 7. The first-order valence-electron chi connectivity index (χ1n) is 14.2. The molecule has 0 radical (unpaired) electrons. The van der Waals surface area contributed by atoms with Gasteiger partial charge in [-0.05, 0) is 47.9 Å². The van der Waals surface area contributed by atoms with Crippen LogP contribution in [0.25, 0.3) is 0 Å². The molecule has 5 rings (SSSR count). The monoisotopic (exact) mass is 604 g/mol. The van der Waals surface area contributed by atoms with Gasteiger partial charge in [0.2, 0.25) is 11.8 Å². The number of aryl methyl sites for hydroxylation is 1. The fraction of sp³-hybridized carbons (Fsp3) is 0.344. The van der Waals surface area contributed by atoms with Crippen LogP contribution in [0.15, 0.2) is 66.7 Å². The summed E-state index contributed by atoms with van der Waals surface area (Å²) >= 11 is 6.29. The lowest BCUT2D eigenvalue weighted by molar-refractivity contribution is -0.187. The van der Waals surface area contributed by atoms with E-state index in [-0.39, 0.29) is 49.7 Å². The van der Waals surface area contributed by atoms with Crippen molar-refractivity contribution in [2.45, 2.75) is 38.6 Å². The molecule has 3 aromatic rings. The number of halogens is 1. The highest BCUT2D eigenvalue weighted by Gasteiger charge is 2.50. The summed E-state index contributed by atoms with van der Waals surface area (Å²) in [6.07, 6.45) is -0.485. The number of hydrazine groups is 1. The molecule has 2 N–H and O–H groups in total. The van der Waals surface area contributed by atoms with Gasteiger partial charge in [0.05, 0.1) is 13.1 Å². The average Bonchev–Trinajstić information content (AvgIpc) is 2.96. The number of amides is 4. The standard InChI is InChI=1S/C32H37ClN6O4/c1-21-5-7-23(8-6-21)17-34-32(43)39-29-19-37(18-24-11-12-25(33)16-27(24)35(2)3)31(42)28(38(29)30(41)20-36(39)4)15-22-9-13-26(40)14-10-22/h5-14,16,28-29,40H,15,17-20H2,1-4H3,(H,34,43)/t28-,29?/m0/s1. The lowest BCUT2D eigenvalue weighted by Crippen LogP contribution is -2.76. The number of phenols is 1. The molecule has 2 atom stereocenters. The predicted octanol–water partition coefficient (Wildman–Crippen LogP) is 3.60. The number of likely N-dealkylation sites (N-methyl/N-ethyl adjacent to an activating group) is 1. The molecule has 2 heterocycles. The van der Waals surface area contributed by atoms with Crippen LogP contribution < -0.4 is 10.2 Å². The molecule has 10 nitrogen and oxygen atoms in total. The van der Waals surface area contributed by atoms with Crippen molar-refractivity contribution in [1.82, 2.24) is 25.1 Å². The Morgan fingerprint density at radius 2 is 1.70 bits per heavy atom. The van der Waals surface area contributed by atoms with Crippen molar-refractivity contribution >= 4 is 35.1 Å². The number of urea groups is 1. The fourth-order valence-electron chi connectivity index (χ4n) is 5.76. The van der Waals surface area contributed by atoms with Gasteiger partial charge in [-0.25, -0.2) is 14.8 Å². The zero-order valence-electron chi connectivity index (χ0n) is 24.8. The third-order valence-corrected chi connectivity index (χ3v) is 8.20. The SMILES string of the molecule is Cc1ccc(CNC(=O)N2C3CN(Cc4ccc(Cl)cc4N(C)C)C(=O)[C@H](Cc4ccc(O)cc4)N3C(=O)CN2C)cc1. The number of anilines is 1. The van der Waals surface area contributed by atoms with Gasteiger partial charge in [-0.1, -0.05) is 59.6 Å². The van der Waals surface area contributed by atoms with Crippen molar-refractivity contribution in [1.29, 1.82) is 0 Å². The van der Waals surface area contributed by atoms with Gasteiger partial charge in [-0.15, -0.1) is 0 Å². The van der Waals surface area contributed by atoms with Crippen LogP contribution in [0.1, 0.15) is 22.3 Å². The van der Waals surface area contributed by atoms with Crippen LogP contribution >= 0.6 is 11.6 Å². The van der Waals surface area contributed by atoms with Gasteiger partial charge in [0.1, 0.15) is 18.0 Å². The first-order valence-corrected chi connectivity index (χ1v) is 14.6. The quantitative estimate of drug-likeness (QED) is 0.428. The molecule has 0 aliphatic carbocycles. The van der Waals surface area contributed by atoms with Gasteiger partial charge in [0.15, 0.2) is 0 Å². The minimum atomic E-state index is -0.841. The molecule has 0 bridgehead atoms. The summed E-state index contributed by atoms with van der Waals surface area (Å²) in [5.74, 6) is -0.321. The zero-order chi connectivity index (χ0) is 30.8. The number of phenolic OH excluding ortho intramolecular Hbond substituents is 1. The summed E-state index contributed by atoms with van der Waals surface area (Å²) in [6, 6.07) is 18.9. The summed E-state index contributed by atoms with van der Waals surface area (Å²) in [7, 11) is 5.54. The number of carbonyl (C=O) groups is 3. The molecule has 11 heteroatoms. The first kappa shape index (κ1) is 30.2. The summed E-state index contributed by atoms with van der Waals surface area (Å²) in [5, 5.41) is 16.6. The second-order valence-corrected chi connectivity index (χ2v) is 11.8. The molecule has 43 heavy (non-hydrogen) atoms. The molecule has 2 fully saturated rings. The van der Waals surface area contributed by atoms with Crippen LogP contribution in [0.4, 0.5) is 10.5 Å². The Labute approximate surface area is 257 Å². The van der Waals surface area contributed by atoms with Crippen LogP contribution in [0, 0.1) is 6.92 Å². The van der Waals surface area contributed by atoms with Gasteiger partial charge < -0.3 is 25.1 Å². The van der Waals surface area contributed by atoms with Crippen LogP contribution in [-0.2, 0) is 29.1 Å². The molecule has 2 aliphatic heterocycles. The Bertz CT molecular complexity index is 1500. The van der Waals surface area contributed by atoms with E-state index in [4.69, 9.17) is 11.6 Å². The van der Waals surface area contributed by atoms with Crippen molar-refractivity contribution < 1.29 is 19.5 Å². The third-order valence-electron chi connectivity index (χ3n) is 7.97. The summed E-state index contributed by atoms with van der Waals surface area (Å²) in [6.45, 7) is 2.69. The second kappa shape index (κ2) is 12.5. The van der Waals surface area contributed by atoms with Crippen LogP contribution in [0.3, 0.4) is 0 Å². The van der Waals surface area contributed by atoms with Crippen molar-refractivity contribution in [2.75, 3.05) is 39.1 Å². The molecular formula is C32H37ClN6O4. The van der Waals surface area contributed by atoms with Gasteiger partial charge >= 0.3 is 6.03 Å². The molecule has 2 saturated heterocycles. The highest BCUT2D eigenvalue weighted by Crippen LogP contribution is 2.31. The number of nitrogens with zero attached hydrogens (tertiary/aromatic N) is 5. The number of carbonyl (C=O) groups excluding carboxylic acids is 3. The maximum absolute atomic E-state index is 14.2. The molecule has 1 unspecified atom stereocenters. The minimum absolute atomic E-state index is 0.0459. The van der Waals surface area contributed by atoms with Crippen LogP contribution in [-0.4, -0.2) is 89.2 Å². The Morgan fingerprint density at radius 1 is 1.02 bits per heavy atom. The fourth-order valence-corrected chi connectivity index (χ4v) is 5.93. The zero-order valence-corrected chi connectivity index (χ0v) is 25.6. The van der Waals surface area contributed by atoms with Gasteiger partial charge in [-0.3, -0.25) is 9.59 Å². The second-order valence-electron chi connectivity index (χ2n) is 11.4. The summed E-state index contributed by atoms with van der Waals surface area (Å²) in [5.41, 5.74) is 4.65. The molecule has 3 aromatic carbocycles. The molecule has 4 amide bonds. The van der Waals surface area contributed by atoms with Crippen molar-refractivity contribution in [3.05, 3.63) is 94.0 Å². The molecule has 0 spiro atoms. The Balaban J connectivity index is 1.48. The predicted molar refractivity (Wildman–Crippen MR) is 165 cm³/mol. The lowest BCUT2D eigenvalue weighted by atomic mass is 9.98. The molecule has 0 saturated carbocycles. The molecular weight excluding hydrogens is 568 g/mol. The molecule has 226 valence electrons. The maximum Gasteiger partial charge on any atom is 0.334 e. The van der Waals surface area contributed by atoms with E-state index in [1.807, 2.05) is 62.3 Å². The van der Waals surface area contributed by atoms with Crippen molar-refractivity contribution in [3.63, 3.8) is 0 Å². The van der Waals surface area contributed by atoms with Crippen molar-refractivity contribution in [3.8, 4) is 5.75 Å². The number of fused-ring (bicyclic) bond motifs is 1. The smallest absolute Gasteiger partial charge is 0.334 e. The Kier molecular flexibility index (Phi) is 8.79. The Morgan fingerprint density at radius 3 is 2.37 bits per heavy atom. The molecule has 2 aliphatic rings. The number of aromatic hydroxyl groups is 1. The van der Waals surface area contributed by atoms with E-state index in [2.05, 4.69) is 5.32 Å². The number of hydrogen-bond donors (Lipinski definition) is 2. The topological polar surface area (TPSA) is 99.7 Å². The van der Waals surface area contributed by atoms with E-state index in [1.54, 1.807) is 57.2 Å². The number of hydrogen-bond acceptors (Lipinski definition) is 6. The minimum Gasteiger partial charge on any atom is -0.508 e. The van der Waals surface area contributed by atoms with E-state index in [9.17, 15) is 19.5 Å². The van der Waals surface area contributed by atoms with Crippen LogP contribution in [0.5, 0.6) is 5.75 Å². The molecule has 0 aromatic heterocycles. The van der Waals surface area contributed by atoms with E-state index in [0.29, 0.717) is 11.6 Å². The first-order chi connectivity index (χ1) is 20.5. The Hall–Kier alpha value is -4.28. The van der Waals surface area contributed by atoms with E-state index < -0.39 is 12.2 Å². The highest BCUT2D eigenvalue weighted by molar-refractivity contribution is 6.30. The summed E-state index contributed by atoms with van der Waals surface area (Å²) < 4.78 is 0. The van der Waals surface area contributed by atoms with Crippen molar-refractivity contribution in [2.24, 2.45) is 0 Å². The average molecular weight is 605 g/mol. The van der Waals surface area contributed by atoms with Gasteiger partial charge in [0.25, 0.3) is 0 Å².